The molecule has 7 heteroatoms. The molecule has 7 nitrogen and oxygen atoms in total. The maximum Gasteiger partial charge on any atom is 0.316 e. The van der Waals surface area contributed by atoms with Gasteiger partial charge in [0.25, 0.3) is 0 Å². The molecule has 0 radical (unpaired) electrons. The summed E-state index contributed by atoms with van der Waals surface area (Å²) in [7, 11) is 1.83. The summed E-state index contributed by atoms with van der Waals surface area (Å²) >= 11 is 0. The van der Waals surface area contributed by atoms with Crippen molar-refractivity contribution in [2.24, 2.45) is 5.73 Å². The number of hydrogen-bond acceptors (Lipinski definition) is 4. The third-order valence-electron chi connectivity index (χ3n) is 5.30. The molecular weight excluding hydrogens is 368 g/mol. The first-order valence-corrected chi connectivity index (χ1v) is 9.79. The Morgan fingerprint density at radius 1 is 1.21 bits per heavy atom. The number of anilines is 1. The minimum Gasteiger partial charge on any atom is -0.392 e. The summed E-state index contributed by atoms with van der Waals surface area (Å²) < 4.78 is 0. The molecule has 1 unspecified atom stereocenters. The quantitative estimate of drug-likeness (QED) is 0.666. The van der Waals surface area contributed by atoms with Crippen LogP contribution in [0.15, 0.2) is 54.6 Å². The Morgan fingerprint density at radius 3 is 2.48 bits per heavy atom. The number of carbonyl (C=O) groups excluding carboxylic acids is 2. The second kappa shape index (κ2) is 9.54. The van der Waals surface area contributed by atoms with E-state index in [1.807, 2.05) is 49.5 Å². The molecule has 2 aromatic carbocycles. The summed E-state index contributed by atoms with van der Waals surface area (Å²) in [6, 6.07) is 16.3. The van der Waals surface area contributed by atoms with Gasteiger partial charge >= 0.3 is 6.03 Å². The fourth-order valence-corrected chi connectivity index (χ4v) is 3.67. The highest BCUT2D eigenvalue weighted by atomic mass is 16.3. The molecular formula is C22H28N4O3. The van der Waals surface area contributed by atoms with Crippen molar-refractivity contribution in [3.63, 3.8) is 0 Å². The second-order valence-electron chi connectivity index (χ2n) is 7.50. The lowest BCUT2D eigenvalue weighted by atomic mass is 10.0. The minimum absolute atomic E-state index is 0.00853. The molecule has 2 atom stereocenters. The zero-order valence-corrected chi connectivity index (χ0v) is 16.6. The Morgan fingerprint density at radius 2 is 1.90 bits per heavy atom. The van der Waals surface area contributed by atoms with E-state index >= 15 is 0 Å². The molecule has 29 heavy (non-hydrogen) atoms. The van der Waals surface area contributed by atoms with Gasteiger partial charge in [-0.15, -0.1) is 0 Å². The number of hydrogen-bond donors (Lipinski definition) is 3. The number of benzene rings is 2. The summed E-state index contributed by atoms with van der Waals surface area (Å²) in [5, 5.41) is 12.4. The Kier molecular flexibility index (Phi) is 6.85. The molecule has 154 valence electrons. The van der Waals surface area contributed by atoms with Crippen LogP contribution >= 0.6 is 0 Å². The summed E-state index contributed by atoms with van der Waals surface area (Å²) in [4.78, 5) is 27.9. The van der Waals surface area contributed by atoms with Crippen LogP contribution in [0.25, 0.3) is 0 Å². The number of primary amides is 1. The number of nitrogens with two attached hydrogens (primary N) is 1. The monoisotopic (exact) mass is 396 g/mol. The molecule has 1 aliphatic rings. The van der Waals surface area contributed by atoms with Crippen LogP contribution in [0, 0.1) is 0 Å². The predicted molar refractivity (Wildman–Crippen MR) is 112 cm³/mol. The number of carbonyl (C=O) groups is 2. The molecule has 0 spiro atoms. The number of aliphatic hydroxyl groups excluding tert-OH is 1. The Balaban J connectivity index is 1.70. The minimum atomic E-state index is -0.619. The smallest absolute Gasteiger partial charge is 0.316 e. The van der Waals surface area contributed by atoms with E-state index in [-0.39, 0.29) is 24.5 Å². The zero-order valence-electron chi connectivity index (χ0n) is 16.6. The van der Waals surface area contributed by atoms with Gasteiger partial charge in [-0.2, -0.15) is 0 Å². The number of rotatable bonds is 7. The van der Waals surface area contributed by atoms with Crippen LogP contribution in [0.1, 0.15) is 23.6 Å². The fourth-order valence-electron chi connectivity index (χ4n) is 3.67. The first-order chi connectivity index (χ1) is 13.9. The standard InChI is InChI=1S/C22H28N4O3/c1-25(21(28)13-16-7-9-18(10-8-16)24-22(23)29)20(17-5-3-2-4-6-17)15-26-12-11-19(27)14-26/h2-10,19-20,27H,11-15H2,1H3,(H3,23,24,29)/t19-,20?/m0/s1. The van der Waals surface area contributed by atoms with Crippen molar-refractivity contribution in [1.82, 2.24) is 9.80 Å². The summed E-state index contributed by atoms with van der Waals surface area (Å²) in [6.45, 7) is 2.16. The second-order valence-corrected chi connectivity index (χ2v) is 7.50. The van der Waals surface area contributed by atoms with E-state index in [9.17, 15) is 14.7 Å². The van der Waals surface area contributed by atoms with Crippen molar-refractivity contribution >= 4 is 17.6 Å². The van der Waals surface area contributed by atoms with E-state index in [1.165, 1.54) is 0 Å². The van der Waals surface area contributed by atoms with Gasteiger partial charge in [0.05, 0.1) is 18.6 Å². The number of likely N-dealkylation sites (tertiary alicyclic amines) is 1. The summed E-state index contributed by atoms with van der Waals surface area (Å²) in [5.74, 6) is 0.00853. The van der Waals surface area contributed by atoms with Gasteiger partial charge in [-0.3, -0.25) is 9.69 Å². The van der Waals surface area contributed by atoms with E-state index in [0.717, 1.165) is 24.1 Å². The number of β-amino-alcohol motifs (C(OH)–C–C–N with tert-alkyl or cyclic N) is 1. The predicted octanol–water partition coefficient (Wildman–Crippen LogP) is 1.99. The van der Waals surface area contributed by atoms with Crippen LogP contribution in [0.4, 0.5) is 10.5 Å². The Bertz CT molecular complexity index is 826. The van der Waals surface area contributed by atoms with E-state index in [1.54, 1.807) is 17.0 Å². The van der Waals surface area contributed by atoms with E-state index in [0.29, 0.717) is 18.8 Å². The van der Waals surface area contributed by atoms with Gasteiger partial charge in [-0.05, 0) is 29.7 Å². The number of urea groups is 1. The summed E-state index contributed by atoms with van der Waals surface area (Å²) in [5.41, 5.74) is 7.65. The molecule has 0 bridgehead atoms. The Hall–Kier alpha value is -2.90. The van der Waals surface area contributed by atoms with Gasteiger partial charge in [0, 0.05) is 32.4 Å². The maximum absolute atomic E-state index is 13.0. The molecule has 1 saturated heterocycles. The van der Waals surface area contributed by atoms with E-state index in [4.69, 9.17) is 5.73 Å². The molecule has 0 aromatic heterocycles. The zero-order chi connectivity index (χ0) is 20.8. The largest absolute Gasteiger partial charge is 0.392 e. The lowest BCUT2D eigenvalue weighted by Gasteiger charge is -2.32. The maximum atomic E-state index is 13.0. The molecule has 1 aliphatic heterocycles. The third-order valence-corrected chi connectivity index (χ3v) is 5.30. The molecule has 1 fully saturated rings. The highest BCUT2D eigenvalue weighted by molar-refractivity contribution is 5.87. The third kappa shape index (κ3) is 5.79. The molecule has 1 heterocycles. The van der Waals surface area contributed by atoms with Crippen LogP contribution in [-0.4, -0.2) is 59.6 Å². The van der Waals surface area contributed by atoms with Crippen molar-refractivity contribution in [1.29, 1.82) is 0 Å². The van der Waals surface area contributed by atoms with Crippen LogP contribution in [0.5, 0.6) is 0 Å². The lowest BCUT2D eigenvalue weighted by molar-refractivity contribution is -0.131. The van der Waals surface area contributed by atoms with Crippen molar-refractivity contribution in [3.8, 4) is 0 Å². The highest BCUT2D eigenvalue weighted by Crippen LogP contribution is 2.24. The first kappa shape index (κ1) is 20.8. The SMILES string of the molecule is CN(C(=O)Cc1ccc(NC(N)=O)cc1)C(CN1CC[C@H](O)C1)c1ccccc1. The van der Waals surface area contributed by atoms with Crippen LogP contribution in [0.2, 0.25) is 0 Å². The number of nitrogens with zero attached hydrogens (tertiary/aromatic N) is 2. The van der Waals surface area contributed by atoms with Crippen LogP contribution in [0.3, 0.4) is 0 Å². The number of aliphatic hydroxyl groups is 1. The average Bonchev–Trinajstić information content (AvgIpc) is 3.12. The molecule has 3 rings (SSSR count). The first-order valence-electron chi connectivity index (χ1n) is 9.79. The van der Waals surface area contributed by atoms with Crippen LogP contribution in [-0.2, 0) is 11.2 Å². The van der Waals surface area contributed by atoms with Crippen molar-refractivity contribution < 1.29 is 14.7 Å². The molecule has 2 aromatic rings. The fraction of sp³-hybridized carbons (Fsp3) is 0.364. The van der Waals surface area contributed by atoms with Gasteiger partial charge in [0.1, 0.15) is 0 Å². The molecule has 0 saturated carbocycles. The topological polar surface area (TPSA) is 98.9 Å². The van der Waals surface area contributed by atoms with Gasteiger partial charge in [-0.25, -0.2) is 4.79 Å². The van der Waals surface area contributed by atoms with Crippen molar-refractivity contribution in [3.05, 3.63) is 65.7 Å². The molecule has 0 aliphatic carbocycles. The highest BCUT2D eigenvalue weighted by Gasteiger charge is 2.28. The lowest BCUT2D eigenvalue weighted by Crippen LogP contribution is -2.39. The van der Waals surface area contributed by atoms with Crippen molar-refractivity contribution in [2.45, 2.75) is 25.0 Å². The number of likely N-dealkylation sites (N-methyl/N-ethyl adjacent to an activating group) is 1. The van der Waals surface area contributed by atoms with Crippen molar-refractivity contribution in [2.75, 3.05) is 32.0 Å². The summed E-state index contributed by atoms with van der Waals surface area (Å²) in [6.07, 6.45) is 0.740. The number of amides is 3. The molecule has 3 amide bonds. The average molecular weight is 396 g/mol. The van der Waals surface area contributed by atoms with Gasteiger partial charge in [-0.1, -0.05) is 42.5 Å². The van der Waals surface area contributed by atoms with E-state index in [2.05, 4.69) is 10.2 Å². The van der Waals surface area contributed by atoms with E-state index < -0.39 is 6.03 Å². The van der Waals surface area contributed by atoms with Gasteiger partial charge < -0.3 is 21.1 Å². The molecule has 4 N–H and O–H groups in total. The normalized spacial score (nSPS) is 17.7. The number of nitrogens with one attached hydrogen (secondary N) is 1. The Labute approximate surface area is 171 Å². The van der Waals surface area contributed by atoms with Gasteiger partial charge in [0.15, 0.2) is 0 Å². The van der Waals surface area contributed by atoms with Crippen LogP contribution < -0.4 is 11.1 Å². The van der Waals surface area contributed by atoms with Gasteiger partial charge in [0.2, 0.25) is 5.91 Å².